The first kappa shape index (κ1) is 18.8. The summed E-state index contributed by atoms with van der Waals surface area (Å²) in [6.45, 7) is 8.27. The van der Waals surface area contributed by atoms with Gasteiger partial charge in [0.25, 0.3) is 0 Å². The van der Waals surface area contributed by atoms with Crippen LogP contribution in [0.15, 0.2) is 66.3 Å². The fourth-order valence-corrected chi connectivity index (χ4v) is 3.56. The highest BCUT2D eigenvalue weighted by Gasteiger charge is 2.17. The molecule has 1 amide bonds. The van der Waals surface area contributed by atoms with Crippen LogP contribution in [0.25, 0.3) is 5.69 Å². The first-order chi connectivity index (χ1) is 13.1. The van der Waals surface area contributed by atoms with Crippen molar-refractivity contribution in [2.75, 3.05) is 17.2 Å². The molecular weight excluding hydrogens is 358 g/mol. The molecule has 3 rings (SSSR count). The molecule has 3 aromatic rings. The number of carbonyl (C=O) groups is 1. The third-order valence-corrected chi connectivity index (χ3v) is 4.80. The van der Waals surface area contributed by atoms with Gasteiger partial charge in [-0.2, -0.15) is 4.68 Å². The molecule has 27 heavy (non-hydrogen) atoms. The van der Waals surface area contributed by atoms with Crippen LogP contribution in [0, 0.1) is 13.8 Å². The number of nitrogens with zero attached hydrogens (tertiary/aromatic N) is 5. The highest BCUT2D eigenvalue weighted by Crippen LogP contribution is 2.22. The van der Waals surface area contributed by atoms with E-state index in [4.69, 9.17) is 0 Å². The largest absolute Gasteiger partial charge is 0.308 e. The molecule has 0 spiro atoms. The number of hydrogen-bond acceptors (Lipinski definition) is 5. The van der Waals surface area contributed by atoms with Gasteiger partial charge in [-0.1, -0.05) is 42.1 Å². The van der Waals surface area contributed by atoms with E-state index in [0.717, 1.165) is 22.5 Å². The summed E-state index contributed by atoms with van der Waals surface area (Å²) < 4.78 is 1.66. The van der Waals surface area contributed by atoms with Gasteiger partial charge in [-0.15, -0.1) is 11.7 Å². The number of anilines is 1. The van der Waals surface area contributed by atoms with Crippen molar-refractivity contribution in [2.45, 2.75) is 19.0 Å². The van der Waals surface area contributed by atoms with E-state index in [0.29, 0.717) is 11.7 Å². The summed E-state index contributed by atoms with van der Waals surface area (Å²) in [7, 11) is 0. The Hall–Kier alpha value is -2.93. The molecule has 0 fully saturated rings. The lowest BCUT2D eigenvalue weighted by Crippen LogP contribution is -2.32. The van der Waals surface area contributed by atoms with Gasteiger partial charge in [0.05, 0.1) is 11.4 Å². The molecule has 0 N–H and O–H groups in total. The fourth-order valence-electron chi connectivity index (χ4n) is 2.80. The van der Waals surface area contributed by atoms with E-state index < -0.39 is 0 Å². The summed E-state index contributed by atoms with van der Waals surface area (Å²) in [5.74, 6) is 0.203. The molecular formula is C20H21N5OS. The molecule has 138 valence electrons. The molecule has 6 nitrogen and oxygen atoms in total. The first-order valence-electron chi connectivity index (χ1n) is 8.54. The maximum atomic E-state index is 12.8. The van der Waals surface area contributed by atoms with Crippen LogP contribution >= 0.6 is 11.8 Å². The predicted molar refractivity (Wildman–Crippen MR) is 108 cm³/mol. The summed E-state index contributed by atoms with van der Waals surface area (Å²) in [4.78, 5) is 14.5. The maximum absolute atomic E-state index is 12.8. The number of para-hydroxylation sites is 1. The van der Waals surface area contributed by atoms with Crippen molar-refractivity contribution >= 4 is 23.4 Å². The molecule has 0 aliphatic heterocycles. The molecule has 0 radical (unpaired) electrons. The Bertz CT molecular complexity index is 918. The van der Waals surface area contributed by atoms with Gasteiger partial charge in [-0.25, -0.2) is 0 Å². The number of carbonyl (C=O) groups excluding carboxylic acids is 1. The number of rotatable bonds is 7. The molecule has 0 saturated heterocycles. The van der Waals surface area contributed by atoms with Crippen molar-refractivity contribution in [2.24, 2.45) is 0 Å². The molecule has 0 aliphatic rings. The van der Waals surface area contributed by atoms with Crippen molar-refractivity contribution < 1.29 is 4.79 Å². The number of aromatic nitrogens is 4. The monoisotopic (exact) mass is 379 g/mol. The van der Waals surface area contributed by atoms with E-state index in [2.05, 4.69) is 28.2 Å². The van der Waals surface area contributed by atoms with Crippen LogP contribution in [0.3, 0.4) is 0 Å². The normalized spacial score (nSPS) is 10.6. The Morgan fingerprint density at radius 2 is 1.89 bits per heavy atom. The Labute approximate surface area is 162 Å². The van der Waals surface area contributed by atoms with E-state index in [1.54, 1.807) is 15.7 Å². The molecule has 7 heteroatoms. The van der Waals surface area contributed by atoms with Crippen LogP contribution in [0.1, 0.15) is 11.1 Å². The van der Waals surface area contributed by atoms with E-state index in [-0.39, 0.29) is 11.7 Å². The molecule has 0 bridgehead atoms. The molecule has 0 atom stereocenters. The predicted octanol–water partition coefficient (Wildman–Crippen LogP) is 3.59. The van der Waals surface area contributed by atoms with Gasteiger partial charge in [0, 0.05) is 12.2 Å². The standard InChI is InChI=1S/C20H21N5OS/c1-4-10-24(17-8-6-5-7-9-17)19(26)14-27-20-21-22-23-25(20)18-12-15(2)11-16(3)13-18/h4-9,11-13H,1,10,14H2,2-3H3. The quantitative estimate of drug-likeness (QED) is 0.464. The Kier molecular flexibility index (Phi) is 6.03. The topological polar surface area (TPSA) is 63.9 Å². The van der Waals surface area contributed by atoms with Gasteiger partial charge in [0.2, 0.25) is 11.1 Å². The van der Waals surface area contributed by atoms with Gasteiger partial charge in [-0.05, 0) is 59.7 Å². The summed E-state index contributed by atoms with van der Waals surface area (Å²) in [5.41, 5.74) is 4.00. The second-order valence-corrected chi connectivity index (χ2v) is 7.08. The van der Waals surface area contributed by atoms with E-state index >= 15 is 0 Å². The van der Waals surface area contributed by atoms with Crippen molar-refractivity contribution in [1.82, 2.24) is 20.2 Å². The van der Waals surface area contributed by atoms with Gasteiger partial charge in [-0.3, -0.25) is 4.79 Å². The summed E-state index contributed by atoms with van der Waals surface area (Å²) in [6.07, 6.45) is 1.72. The van der Waals surface area contributed by atoms with Crippen molar-refractivity contribution in [3.63, 3.8) is 0 Å². The maximum Gasteiger partial charge on any atom is 0.237 e. The van der Waals surface area contributed by atoms with Crippen molar-refractivity contribution in [3.05, 3.63) is 72.3 Å². The molecule has 0 aliphatic carbocycles. The van der Waals surface area contributed by atoms with Crippen LogP contribution in [-0.2, 0) is 4.79 Å². The molecule has 0 unspecified atom stereocenters. The zero-order valence-corrected chi connectivity index (χ0v) is 16.2. The van der Waals surface area contributed by atoms with Crippen LogP contribution in [0.2, 0.25) is 0 Å². The number of benzene rings is 2. The number of tetrazole rings is 1. The average molecular weight is 379 g/mol. The Morgan fingerprint density at radius 3 is 2.56 bits per heavy atom. The Morgan fingerprint density at radius 1 is 1.19 bits per heavy atom. The third kappa shape index (κ3) is 4.62. The second-order valence-electron chi connectivity index (χ2n) is 6.14. The zero-order chi connectivity index (χ0) is 19.2. The average Bonchev–Trinajstić information content (AvgIpc) is 3.13. The third-order valence-electron chi connectivity index (χ3n) is 3.90. The lowest BCUT2D eigenvalue weighted by atomic mass is 10.1. The van der Waals surface area contributed by atoms with E-state index in [1.807, 2.05) is 56.3 Å². The minimum absolute atomic E-state index is 0.0268. The molecule has 1 heterocycles. The van der Waals surface area contributed by atoms with E-state index in [1.165, 1.54) is 11.8 Å². The van der Waals surface area contributed by atoms with Crippen molar-refractivity contribution in [1.29, 1.82) is 0 Å². The highest BCUT2D eigenvalue weighted by atomic mass is 32.2. The number of amides is 1. The van der Waals surface area contributed by atoms with Gasteiger partial charge in [0.15, 0.2) is 0 Å². The lowest BCUT2D eigenvalue weighted by molar-refractivity contribution is -0.116. The fraction of sp³-hybridized carbons (Fsp3) is 0.200. The highest BCUT2D eigenvalue weighted by molar-refractivity contribution is 7.99. The van der Waals surface area contributed by atoms with Crippen molar-refractivity contribution in [3.8, 4) is 5.69 Å². The summed E-state index contributed by atoms with van der Waals surface area (Å²) in [6, 6.07) is 15.7. The molecule has 2 aromatic carbocycles. The molecule has 0 saturated carbocycles. The number of aryl methyl sites for hydroxylation is 2. The molecule has 1 aromatic heterocycles. The SMILES string of the molecule is C=CCN(C(=O)CSc1nnnn1-c1cc(C)cc(C)c1)c1ccccc1. The Balaban J connectivity index is 1.76. The summed E-state index contributed by atoms with van der Waals surface area (Å²) >= 11 is 1.32. The zero-order valence-electron chi connectivity index (χ0n) is 15.4. The lowest BCUT2D eigenvalue weighted by Gasteiger charge is -2.21. The number of hydrogen-bond donors (Lipinski definition) is 0. The van der Waals surface area contributed by atoms with Crippen LogP contribution in [0.5, 0.6) is 0 Å². The smallest absolute Gasteiger partial charge is 0.237 e. The van der Waals surface area contributed by atoms with Crippen LogP contribution in [0.4, 0.5) is 5.69 Å². The van der Waals surface area contributed by atoms with E-state index in [9.17, 15) is 4.79 Å². The van der Waals surface area contributed by atoms with Gasteiger partial charge in [0.1, 0.15) is 0 Å². The summed E-state index contributed by atoms with van der Waals surface area (Å²) in [5, 5.41) is 12.5. The minimum Gasteiger partial charge on any atom is -0.308 e. The first-order valence-corrected chi connectivity index (χ1v) is 9.53. The van der Waals surface area contributed by atoms with Crippen LogP contribution < -0.4 is 4.90 Å². The van der Waals surface area contributed by atoms with Gasteiger partial charge < -0.3 is 4.90 Å². The van der Waals surface area contributed by atoms with Gasteiger partial charge >= 0.3 is 0 Å². The minimum atomic E-state index is -0.0268. The van der Waals surface area contributed by atoms with Crippen LogP contribution in [-0.4, -0.2) is 38.4 Å². The number of thioether (sulfide) groups is 1. The second kappa shape index (κ2) is 8.64.